The van der Waals surface area contributed by atoms with Crippen LogP contribution in [0.25, 0.3) is 0 Å². The molecule has 0 aromatic rings. The van der Waals surface area contributed by atoms with Crippen molar-refractivity contribution >= 4 is 0 Å². The molecule has 11 heavy (non-hydrogen) atoms. The maximum Gasteiger partial charge on any atom is 0.0640 e. The zero-order valence-corrected chi connectivity index (χ0v) is 7.98. The molecule has 0 spiro atoms. The fourth-order valence-electron chi connectivity index (χ4n) is 0.916. The lowest BCUT2D eigenvalue weighted by atomic mass is 9.99. The Morgan fingerprint density at radius 2 is 2.18 bits per heavy atom. The highest BCUT2D eigenvalue weighted by Gasteiger charge is 2.19. The van der Waals surface area contributed by atoms with Gasteiger partial charge in [0.15, 0.2) is 0 Å². The molecule has 1 atom stereocenters. The Bertz CT molecular complexity index is 121. The SMILES string of the molecule is C=CC(CC(C)(C)OC)NC. The van der Waals surface area contributed by atoms with Gasteiger partial charge in [0, 0.05) is 13.2 Å². The van der Waals surface area contributed by atoms with Crippen LogP contribution in [0.4, 0.5) is 0 Å². The molecule has 0 heterocycles. The average Bonchev–Trinajstić information content (AvgIpc) is 2.00. The van der Waals surface area contributed by atoms with E-state index < -0.39 is 0 Å². The Kier molecular flexibility index (Phi) is 4.38. The zero-order valence-electron chi connectivity index (χ0n) is 7.98. The number of nitrogens with one attached hydrogen (secondary N) is 1. The first kappa shape index (κ1) is 10.7. The third-order valence-electron chi connectivity index (χ3n) is 1.92. The summed E-state index contributed by atoms with van der Waals surface area (Å²) in [6.45, 7) is 7.87. The summed E-state index contributed by atoms with van der Waals surface area (Å²) in [5.41, 5.74) is -0.0676. The van der Waals surface area contributed by atoms with E-state index >= 15 is 0 Å². The molecule has 0 saturated heterocycles. The van der Waals surface area contributed by atoms with Gasteiger partial charge in [-0.05, 0) is 27.3 Å². The van der Waals surface area contributed by atoms with E-state index in [0.717, 1.165) is 6.42 Å². The summed E-state index contributed by atoms with van der Waals surface area (Å²) in [5.74, 6) is 0. The molecule has 0 aliphatic heterocycles. The molecule has 2 heteroatoms. The van der Waals surface area contributed by atoms with Crippen LogP contribution >= 0.6 is 0 Å². The molecule has 0 amide bonds. The number of ether oxygens (including phenoxy) is 1. The topological polar surface area (TPSA) is 21.3 Å². The quantitative estimate of drug-likeness (QED) is 0.612. The van der Waals surface area contributed by atoms with Crippen molar-refractivity contribution in [1.29, 1.82) is 0 Å². The lowest BCUT2D eigenvalue weighted by molar-refractivity contribution is 0.0112. The van der Waals surface area contributed by atoms with Gasteiger partial charge >= 0.3 is 0 Å². The standard InChI is InChI=1S/C9H19NO/c1-6-8(10-4)7-9(2,3)11-5/h6,8,10H,1,7H2,2-5H3. The minimum atomic E-state index is -0.0676. The van der Waals surface area contributed by atoms with Crippen LogP contribution in [0.5, 0.6) is 0 Å². The molecule has 0 aliphatic rings. The minimum absolute atomic E-state index is 0.0676. The molecule has 1 unspecified atom stereocenters. The van der Waals surface area contributed by atoms with Crippen LogP contribution in [-0.4, -0.2) is 25.8 Å². The largest absolute Gasteiger partial charge is 0.379 e. The van der Waals surface area contributed by atoms with Crippen molar-refractivity contribution in [3.05, 3.63) is 12.7 Å². The first-order valence-corrected chi connectivity index (χ1v) is 3.90. The monoisotopic (exact) mass is 157 g/mol. The third kappa shape index (κ3) is 4.17. The highest BCUT2D eigenvalue weighted by atomic mass is 16.5. The number of methoxy groups -OCH3 is 1. The van der Waals surface area contributed by atoms with Gasteiger partial charge in [-0.1, -0.05) is 6.08 Å². The average molecular weight is 157 g/mol. The number of hydrogen-bond acceptors (Lipinski definition) is 2. The summed E-state index contributed by atoms with van der Waals surface area (Å²) in [6, 6.07) is 0.338. The Hall–Kier alpha value is -0.340. The van der Waals surface area contributed by atoms with Gasteiger partial charge in [0.1, 0.15) is 0 Å². The zero-order chi connectivity index (χ0) is 8.91. The van der Waals surface area contributed by atoms with Gasteiger partial charge in [-0.25, -0.2) is 0 Å². The van der Waals surface area contributed by atoms with Crippen molar-refractivity contribution in [2.45, 2.75) is 31.9 Å². The van der Waals surface area contributed by atoms with E-state index in [9.17, 15) is 0 Å². The van der Waals surface area contributed by atoms with Crippen molar-refractivity contribution in [3.63, 3.8) is 0 Å². The third-order valence-corrected chi connectivity index (χ3v) is 1.92. The molecule has 0 fully saturated rings. The summed E-state index contributed by atoms with van der Waals surface area (Å²) >= 11 is 0. The molecule has 2 nitrogen and oxygen atoms in total. The van der Waals surface area contributed by atoms with Crippen molar-refractivity contribution < 1.29 is 4.74 Å². The van der Waals surface area contributed by atoms with Crippen LogP contribution in [0.1, 0.15) is 20.3 Å². The number of likely N-dealkylation sites (N-methyl/N-ethyl adjacent to an activating group) is 1. The van der Waals surface area contributed by atoms with E-state index in [1.807, 2.05) is 13.1 Å². The fraction of sp³-hybridized carbons (Fsp3) is 0.778. The van der Waals surface area contributed by atoms with Crippen molar-refractivity contribution in [3.8, 4) is 0 Å². The lowest BCUT2D eigenvalue weighted by Gasteiger charge is -2.26. The highest BCUT2D eigenvalue weighted by molar-refractivity contribution is 4.89. The van der Waals surface area contributed by atoms with Crippen molar-refractivity contribution in [2.24, 2.45) is 0 Å². The van der Waals surface area contributed by atoms with Gasteiger partial charge in [-0.2, -0.15) is 0 Å². The van der Waals surface area contributed by atoms with Crippen molar-refractivity contribution in [1.82, 2.24) is 5.32 Å². The molecule has 0 aliphatic carbocycles. The van der Waals surface area contributed by atoms with Crippen LogP contribution in [0.3, 0.4) is 0 Å². The normalized spacial score (nSPS) is 14.5. The molecule has 0 bridgehead atoms. The summed E-state index contributed by atoms with van der Waals surface area (Å²) in [6.07, 6.45) is 2.85. The first-order valence-electron chi connectivity index (χ1n) is 3.90. The van der Waals surface area contributed by atoms with Gasteiger partial charge in [-0.3, -0.25) is 0 Å². The van der Waals surface area contributed by atoms with Crippen LogP contribution in [0, 0.1) is 0 Å². The molecule has 0 aromatic carbocycles. The fourth-order valence-corrected chi connectivity index (χ4v) is 0.916. The molecule has 1 N–H and O–H groups in total. The maximum absolute atomic E-state index is 5.28. The van der Waals surface area contributed by atoms with E-state index in [1.54, 1.807) is 7.11 Å². The molecule has 0 saturated carbocycles. The Morgan fingerprint density at radius 1 is 1.64 bits per heavy atom. The van der Waals surface area contributed by atoms with E-state index in [2.05, 4.69) is 25.7 Å². The summed E-state index contributed by atoms with van der Waals surface area (Å²) in [5, 5.41) is 3.14. The molecule has 0 radical (unpaired) electrons. The predicted octanol–water partition coefficient (Wildman–Crippen LogP) is 1.58. The Balaban J connectivity index is 3.88. The molecule has 0 aromatic heterocycles. The van der Waals surface area contributed by atoms with Crippen LogP contribution in [0.15, 0.2) is 12.7 Å². The van der Waals surface area contributed by atoms with Crippen LogP contribution < -0.4 is 5.32 Å². The number of rotatable bonds is 5. The van der Waals surface area contributed by atoms with E-state index in [-0.39, 0.29) is 5.60 Å². The van der Waals surface area contributed by atoms with Gasteiger partial charge in [0.05, 0.1) is 5.60 Å². The van der Waals surface area contributed by atoms with Gasteiger partial charge < -0.3 is 10.1 Å². The van der Waals surface area contributed by atoms with Crippen LogP contribution in [0.2, 0.25) is 0 Å². The smallest absolute Gasteiger partial charge is 0.0640 e. The Labute approximate surface area is 69.6 Å². The van der Waals surface area contributed by atoms with Gasteiger partial charge in [-0.15, -0.1) is 6.58 Å². The molecule has 66 valence electrons. The summed E-state index contributed by atoms with van der Waals surface area (Å²) < 4.78 is 5.28. The molecular formula is C9H19NO. The highest BCUT2D eigenvalue weighted by Crippen LogP contribution is 2.15. The first-order chi connectivity index (χ1) is 5.05. The lowest BCUT2D eigenvalue weighted by Crippen LogP contribution is -2.34. The molecule has 0 rings (SSSR count). The second kappa shape index (κ2) is 4.52. The Morgan fingerprint density at radius 3 is 2.45 bits per heavy atom. The maximum atomic E-state index is 5.28. The van der Waals surface area contributed by atoms with Crippen LogP contribution in [-0.2, 0) is 4.74 Å². The second-order valence-corrected chi connectivity index (χ2v) is 3.30. The second-order valence-electron chi connectivity index (χ2n) is 3.30. The predicted molar refractivity (Wildman–Crippen MR) is 48.7 cm³/mol. The summed E-state index contributed by atoms with van der Waals surface area (Å²) in [7, 11) is 3.66. The minimum Gasteiger partial charge on any atom is -0.379 e. The van der Waals surface area contributed by atoms with E-state index in [4.69, 9.17) is 4.74 Å². The van der Waals surface area contributed by atoms with E-state index in [1.165, 1.54) is 0 Å². The van der Waals surface area contributed by atoms with Gasteiger partial charge in [0.2, 0.25) is 0 Å². The van der Waals surface area contributed by atoms with E-state index in [0.29, 0.717) is 6.04 Å². The number of hydrogen-bond donors (Lipinski definition) is 1. The van der Waals surface area contributed by atoms with Crippen molar-refractivity contribution in [2.75, 3.05) is 14.2 Å². The molecular weight excluding hydrogens is 138 g/mol. The van der Waals surface area contributed by atoms with Gasteiger partial charge in [0.25, 0.3) is 0 Å². The summed E-state index contributed by atoms with van der Waals surface area (Å²) in [4.78, 5) is 0.